The molecular weight excluding hydrogens is 358 g/mol. The molecule has 0 saturated heterocycles. The number of benzene rings is 3. The first-order valence-corrected chi connectivity index (χ1v) is 9.89. The smallest absolute Gasteiger partial charge is 0.252 e. The summed E-state index contributed by atoms with van der Waals surface area (Å²) in [6.45, 7) is 4.15. The van der Waals surface area contributed by atoms with Crippen LogP contribution in [0.4, 0.5) is 0 Å². The molecular formula is C26H27NO2. The predicted octanol–water partition coefficient (Wildman–Crippen LogP) is 5.81. The third kappa shape index (κ3) is 5.35. The molecule has 0 saturated carbocycles. The number of amides is 1. The van der Waals surface area contributed by atoms with Gasteiger partial charge in [-0.15, -0.1) is 0 Å². The Labute approximate surface area is 173 Å². The van der Waals surface area contributed by atoms with Gasteiger partial charge in [0, 0.05) is 5.57 Å². The molecule has 0 unspecified atom stereocenters. The molecule has 0 aliphatic carbocycles. The van der Waals surface area contributed by atoms with Crippen molar-refractivity contribution in [2.45, 2.75) is 26.3 Å². The van der Waals surface area contributed by atoms with Crippen LogP contribution in [0.25, 0.3) is 11.6 Å². The second kappa shape index (κ2) is 9.74. The van der Waals surface area contributed by atoms with Crippen LogP contribution < -0.4 is 10.1 Å². The average molecular weight is 386 g/mol. The topological polar surface area (TPSA) is 38.3 Å². The van der Waals surface area contributed by atoms with E-state index in [0.717, 1.165) is 28.9 Å². The van der Waals surface area contributed by atoms with E-state index in [1.807, 2.05) is 60.7 Å². The Hall–Kier alpha value is -3.33. The Kier molecular flexibility index (Phi) is 6.85. The van der Waals surface area contributed by atoms with E-state index in [2.05, 4.69) is 43.4 Å². The molecule has 148 valence electrons. The summed E-state index contributed by atoms with van der Waals surface area (Å²) in [5.41, 5.74) is 4.80. The maximum atomic E-state index is 13.3. The fourth-order valence-electron chi connectivity index (χ4n) is 3.22. The van der Waals surface area contributed by atoms with E-state index in [1.165, 1.54) is 5.56 Å². The second-order valence-corrected chi connectivity index (χ2v) is 7.04. The van der Waals surface area contributed by atoms with Crippen LogP contribution in [0.5, 0.6) is 5.75 Å². The van der Waals surface area contributed by atoms with Gasteiger partial charge in [-0.25, -0.2) is 0 Å². The maximum Gasteiger partial charge on any atom is 0.252 e. The number of carbonyl (C=O) groups excluding carboxylic acids is 1. The Morgan fingerprint density at radius 2 is 1.62 bits per heavy atom. The van der Waals surface area contributed by atoms with E-state index in [9.17, 15) is 4.79 Å². The van der Waals surface area contributed by atoms with Gasteiger partial charge in [0.1, 0.15) is 5.75 Å². The van der Waals surface area contributed by atoms with Gasteiger partial charge in [0.15, 0.2) is 0 Å². The molecule has 0 spiro atoms. The van der Waals surface area contributed by atoms with Crippen LogP contribution in [0.3, 0.4) is 0 Å². The first-order chi connectivity index (χ1) is 14.1. The molecule has 3 rings (SSSR count). The quantitative estimate of drug-likeness (QED) is 0.412. The molecule has 3 heteroatoms. The lowest BCUT2D eigenvalue weighted by Crippen LogP contribution is -2.28. The zero-order valence-electron chi connectivity index (χ0n) is 17.2. The van der Waals surface area contributed by atoms with Crippen LogP contribution >= 0.6 is 0 Å². The van der Waals surface area contributed by atoms with Crippen LogP contribution in [0.1, 0.15) is 41.6 Å². The van der Waals surface area contributed by atoms with Crippen molar-refractivity contribution in [2.24, 2.45) is 0 Å². The molecule has 1 atom stereocenters. The number of methoxy groups -OCH3 is 1. The summed E-state index contributed by atoms with van der Waals surface area (Å²) in [6.07, 6.45) is 2.74. The van der Waals surface area contributed by atoms with Gasteiger partial charge in [-0.1, -0.05) is 79.2 Å². The summed E-state index contributed by atoms with van der Waals surface area (Å²) in [4.78, 5) is 13.3. The number of hydrogen-bond acceptors (Lipinski definition) is 2. The second-order valence-electron chi connectivity index (χ2n) is 7.04. The van der Waals surface area contributed by atoms with Crippen LogP contribution in [0.2, 0.25) is 0 Å². The molecule has 1 N–H and O–H groups in total. The maximum absolute atomic E-state index is 13.3. The normalized spacial score (nSPS) is 12.3. The summed E-state index contributed by atoms with van der Waals surface area (Å²) in [5, 5.41) is 3.21. The molecule has 0 bridgehead atoms. The first-order valence-electron chi connectivity index (χ1n) is 9.89. The first kappa shape index (κ1) is 20.4. The molecule has 0 heterocycles. The van der Waals surface area contributed by atoms with Gasteiger partial charge in [0.25, 0.3) is 5.91 Å². The number of ether oxygens (including phenoxy) is 1. The molecule has 3 aromatic rings. The number of carbonyl (C=O) groups is 1. The lowest BCUT2D eigenvalue weighted by atomic mass is 9.99. The molecule has 0 aliphatic heterocycles. The standard InChI is InChI=1S/C26H27NO2/c1-4-25(22-14-10-19(2)11-15-22)27-26(28)24(21-8-6-5-7-9-21)18-20-12-16-23(29-3)17-13-20/h5-18,25H,4H2,1-3H3,(H,27,28)/b24-18+/t25-/m1/s1. The van der Waals surface area contributed by atoms with E-state index >= 15 is 0 Å². The van der Waals surface area contributed by atoms with E-state index < -0.39 is 0 Å². The minimum Gasteiger partial charge on any atom is -0.497 e. The fraction of sp³-hybridized carbons (Fsp3) is 0.192. The molecule has 1 amide bonds. The number of rotatable bonds is 7. The molecule has 3 aromatic carbocycles. The Morgan fingerprint density at radius 3 is 2.21 bits per heavy atom. The molecule has 3 nitrogen and oxygen atoms in total. The van der Waals surface area contributed by atoms with Gasteiger partial charge in [0.2, 0.25) is 0 Å². The van der Waals surface area contributed by atoms with E-state index in [4.69, 9.17) is 4.74 Å². The van der Waals surface area contributed by atoms with E-state index in [1.54, 1.807) is 7.11 Å². The number of nitrogens with one attached hydrogen (secondary N) is 1. The lowest BCUT2D eigenvalue weighted by Gasteiger charge is -2.19. The predicted molar refractivity (Wildman–Crippen MR) is 120 cm³/mol. The Bertz CT molecular complexity index is 958. The highest BCUT2D eigenvalue weighted by molar-refractivity contribution is 6.24. The van der Waals surface area contributed by atoms with Crippen LogP contribution in [-0.2, 0) is 4.79 Å². The van der Waals surface area contributed by atoms with Crippen molar-refractivity contribution in [3.63, 3.8) is 0 Å². The van der Waals surface area contributed by atoms with Crippen LogP contribution in [-0.4, -0.2) is 13.0 Å². The van der Waals surface area contributed by atoms with Gasteiger partial charge in [-0.3, -0.25) is 4.79 Å². The highest BCUT2D eigenvalue weighted by atomic mass is 16.5. The van der Waals surface area contributed by atoms with Crippen LogP contribution in [0.15, 0.2) is 78.9 Å². The molecule has 0 aliphatic rings. The third-order valence-corrected chi connectivity index (χ3v) is 4.95. The summed E-state index contributed by atoms with van der Waals surface area (Å²) in [6, 6.07) is 25.7. The van der Waals surface area contributed by atoms with Crippen molar-refractivity contribution in [3.8, 4) is 5.75 Å². The minimum absolute atomic E-state index is 0.0360. The highest BCUT2D eigenvalue weighted by Gasteiger charge is 2.17. The Morgan fingerprint density at radius 1 is 0.966 bits per heavy atom. The van der Waals surface area contributed by atoms with E-state index in [0.29, 0.717) is 5.57 Å². The molecule has 0 fully saturated rings. The van der Waals surface area contributed by atoms with E-state index in [-0.39, 0.29) is 11.9 Å². The molecule has 0 radical (unpaired) electrons. The summed E-state index contributed by atoms with van der Waals surface area (Å²) >= 11 is 0. The average Bonchev–Trinajstić information content (AvgIpc) is 2.77. The van der Waals surface area contributed by atoms with Crippen molar-refractivity contribution in [1.29, 1.82) is 0 Å². The highest BCUT2D eigenvalue weighted by Crippen LogP contribution is 2.23. The van der Waals surface area contributed by atoms with Crippen molar-refractivity contribution in [2.75, 3.05) is 7.11 Å². The summed E-state index contributed by atoms with van der Waals surface area (Å²) in [7, 11) is 1.64. The zero-order chi connectivity index (χ0) is 20.6. The SMILES string of the molecule is CC[C@@H](NC(=O)/C(=C/c1ccc(OC)cc1)c1ccccc1)c1ccc(C)cc1. The van der Waals surface area contributed by atoms with Gasteiger partial charge in [-0.05, 0) is 48.2 Å². The van der Waals surface area contributed by atoms with Gasteiger partial charge >= 0.3 is 0 Å². The molecule has 29 heavy (non-hydrogen) atoms. The largest absolute Gasteiger partial charge is 0.497 e. The zero-order valence-corrected chi connectivity index (χ0v) is 17.2. The summed E-state index contributed by atoms with van der Waals surface area (Å²) < 4.78 is 5.23. The van der Waals surface area contributed by atoms with Gasteiger partial charge < -0.3 is 10.1 Å². The number of aryl methyl sites for hydroxylation is 1. The summed E-state index contributed by atoms with van der Waals surface area (Å²) in [5.74, 6) is 0.706. The Balaban J connectivity index is 1.91. The number of hydrogen-bond donors (Lipinski definition) is 1. The van der Waals surface area contributed by atoms with Gasteiger partial charge in [-0.2, -0.15) is 0 Å². The van der Waals surface area contributed by atoms with Crippen molar-refractivity contribution in [3.05, 3.63) is 101 Å². The minimum atomic E-state index is -0.0838. The molecule has 0 aromatic heterocycles. The fourth-order valence-corrected chi connectivity index (χ4v) is 3.22. The monoisotopic (exact) mass is 385 g/mol. The van der Waals surface area contributed by atoms with Crippen molar-refractivity contribution >= 4 is 17.6 Å². The van der Waals surface area contributed by atoms with Crippen molar-refractivity contribution < 1.29 is 9.53 Å². The third-order valence-electron chi connectivity index (χ3n) is 4.95. The van der Waals surface area contributed by atoms with Gasteiger partial charge in [0.05, 0.1) is 13.2 Å². The van der Waals surface area contributed by atoms with Crippen LogP contribution in [0, 0.1) is 6.92 Å². The van der Waals surface area contributed by atoms with Crippen molar-refractivity contribution in [1.82, 2.24) is 5.32 Å². The lowest BCUT2D eigenvalue weighted by molar-refractivity contribution is -0.116.